The fourth-order valence-corrected chi connectivity index (χ4v) is 3.80. The van der Waals surface area contributed by atoms with Gasteiger partial charge in [-0.2, -0.15) is 13.2 Å². The Morgan fingerprint density at radius 3 is 2.61 bits per heavy atom. The van der Waals surface area contributed by atoms with E-state index in [-0.39, 0.29) is 11.7 Å². The van der Waals surface area contributed by atoms with Crippen molar-refractivity contribution < 1.29 is 22.7 Å². The van der Waals surface area contributed by atoms with Crippen LogP contribution in [0.15, 0.2) is 48.5 Å². The Morgan fingerprint density at radius 2 is 1.94 bits per heavy atom. The Morgan fingerprint density at radius 1 is 1.21 bits per heavy atom. The zero-order valence-corrected chi connectivity index (χ0v) is 19.3. The molecule has 0 aliphatic heterocycles. The first-order chi connectivity index (χ1) is 15.6. The molecule has 2 heterocycles. The third kappa shape index (κ3) is 6.07. The number of aryl methyl sites for hydroxylation is 1. The lowest BCUT2D eigenvalue weighted by Crippen LogP contribution is -2.22. The molecule has 0 saturated carbocycles. The fraction of sp³-hybridized carbons (Fsp3) is 0.333. The molecule has 0 fully saturated rings. The lowest BCUT2D eigenvalue weighted by molar-refractivity contribution is -0.136. The Bertz CT molecular complexity index is 1110. The predicted octanol–water partition coefficient (Wildman–Crippen LogP) is 6.71. The number of hydrogen-bond donors (Lipinski definition) is 1. The number of nitrogens with zero attached hydrogens (tertiary/aromatic N) is 2. The summed E-state index contributed by atoms with van der Waals surface area (Å²) in [7, 11) is 0. The number of nitrogens with one attached hydrogen (secondary N) is 1. The standard InChI is InChI=1S/C24H25ClF3N3O2/c1-4-16(3)31-17(11-12-33-18-13-15(2)29-22(25)14-18)9-10-21(31)23(32)30-20-8-6-5-7-19(20)24(26,27)28/h5-10,13-14,16H,4,11-12H2,1-3H3,(H,30,32)/t16-/m0/s1. The third-order valence-corrected chi connectivity index (χ3v) is 5.46. The molecule has 0 saturated heterocycles. The summed E-state index contributed by atoms with van der Waals surface area (Å²) in [6, 6.07) is 11.7. The van der Waals surface area contributed by atoms with Gasteiger partial charge in [0, 0.05) is 36.0 Å². The van der Waals surface area contributed by atoms with Crippen LogP contribution in [0.4, 0.5) is 18.9 Å². The van der Waals surface area contributed by atoms with Gasteiger partial charge in [0.1, 0.15) is 16.6 Å². The second-order valence-corrected chi connectivity index (χ2v) is 8.09. The van der Waals surface area contributed by atoms with Crippen LogP contribution in [0.1, 0.15) is 53.7 Å². The summed E-state index contributed by atoms with van der Waals surface area (Å²) < 4.78 is 47.6. The molecule has 176 valence electrons. The SMILES string of the molecule is CC[C@H](C)n1c(CCOc2cc(C)nc(Cl)c2)ccc1C(=O)Nc1ccccc1C(F)(F)F. The molecule has 3 aromatic rings. The van der Waals surface area contributed by atoms with E-state index in [1.54, 1.807) is 24.3 Å². The molecule has 5 nitrogen and oxygen atoms in total. The van der Waals surface area contributed by atoms with E-state index >= 15 is 0 Å². The van der Waals surface area contributed by atoms with Crippen molar-refractivity contribution >= 4 is 23.2 Å². The summed E-state index contributed by atoms with van der Waals surface area (Å²) in [6.07, 6.45) is -3.34. The van der Waals surface area contributed by atoms with E-state index in [9.17, 15) is 18.0 Å². The van der Waals surface area contributed by atoms with Crippen molar-refractivity contribution in [2.75, 3.05) is 11.9 Å². The summed E-state index contributed by atoms with van der Waals surface area (Å²) in [5, 5.41) is 2.77. The second kappa shape index (κ2) is 10.3. The molecule has 2 aromatic heterocycles. The molecular weight excluding hydrogens is 455 g/mol. The number of pyridine rings is 1. The second-order valence-electron chi connectivity index (χ2n) is 7.70. The maximum Gasteiger partial charge on any atom is 0.418 e. The maximum absolute atomic E-state index is 13.3. The summed E-state index contributed by atoms with van der Waals surface area (Å²) >= 11 is 5.97. The third-order valence-electron chi connectivity index (χ3n) is 5.27. The van der Waals surface area contributed by atoms with Gasteiger partial charge >= 0.3 is 6.18 Å². The molecule has 1 amide bonds. The first-order valence-electron chi connectivity index (χ1n) is 10.5. The van der Waals surface area contributed by atoms with Crippen molar-refractivity contribution in [2.24, 2.45) is 0 Å². The van der Waals surface area contributed by atoms with Crippen molar-refractivity contribution in [3.63, 3.8) is 0 Å². The van der Waals surface area contributed by atoms with E-state index in [2.05, 4.69) is 10.3 Å². The van der Waals surface area contributed by atoms with Gasteiger partial charge in [0.05, 0.1) is 17.9 Å². The molecular formula is C24H25ClF3N3O2. The van der Waals surface area contributed by atoms with E-state index in [4.69, 9.17) is 16.3 Å². The minimum atomic E-state index is -4.57. The number of alkyl halides is 3. The number of carbonyl (C=O) groups excluding carboxylic acids is 1. The van der Waals surface area contributed by atoms with Crippen LogP contribution in [0, 0.1) is 6.92 Å². The van der Waals surface area contributed by atoms with Crippen LogP contribution >= 0.6 is 11.6 Å². The number of halogens is 4. The minimum Gasteiger partial charge on any atom is -0.493 e. The Balaban J connectivity index is 1.80. The highest BCUT2D eigenvalue weighted by atomic mass is 35.5. The van der Waals surface area contributed by atoms with Gasteiger partial charge in [-0.25, -0.2) is 4.98 Å². The number of ether oxygens (including phenoxy) is 1. The highest BCUT2D eigenvalue weighted by Gasteiger charge is 2.34. The molecule has 0 radical (unpaired) electrons. The van der Waals surface area contributed by atoms with Gasteiger partial charge in [-0.1, -0.05) is 30.7 Å². The first-order valence-corrected chi connectivity index (χ1v) is 10.9. The molecule has 0 bridgehead atoms. The van der Waals surface area contributed by atoms with E-state index in [1.807, 2.05) is 25.3 Å². The fourth-order valence-electron chi connectivity index (χ4n) is 3.56. The van der Waals surface area contributed by atoms with Crippen LogP contribution in [0.25, 0.3) is 0 Å². The summed E-state index contributed by atoms with van der Waals surface area (Å²) in [5.41, 5.74) is 0.704. The Hall–Kier alpha value is -3.00. The van der Waals surface area contributed by atoms with Gasteiger partial charge in [-0.15, -0.1) is 0 Å². The lowest BCUT2D eigenvalue weighted by atomic mass is 10.1. The average Bonchev–Trinajstić information content (AvgIpc) is 3.16. The molecule has 0 aliphatic rings. The minimum absolute atomic E-state index is 0.0359. The average molecular weight is 480 g/mol. The number of rotatable bonds is 8. The number of amides is 1. The van der Waals surface area contributed by atoms with Gasteiger partial charge in [-0.05, 0) is 44.5 Å². The van der Waals surface area contributed by atoms with Crippen molar-refractivity contribution in [3.8, 4) is 5.75 Å². The van der Waals surface area contributed by atoms with Crippen LogP contribution in [-0.2, 0) is 12.6 Å². The largest absolute Gasteiger partial charge is 0.493 e. The molecule has 1 N–H and O–H groups in total. The topological polar surface area (TPSA) is 56.2 Å². The van der Waals surface area contributed by atoms with Crippen molar-refractivity contribution in [3.05, 3.63) is 76.3 Å². The zero-order valence-electron chi connectivity index (χ0n) is 18.5. The normalized spacial score (nSPS) is 12.5. The van der Waals surface area contributed by atoms with E-state index in [1.165, 1.54) is 18.2 Å². The molecule has 1 aromatic carbocycles. The Labute approximate surface area is 195 Å². The predicted molar refractivity (Wildman–Crippen MR) is 122 cm³/mol. The monoisotopic (exact) mass is 479 g/mol. The van der Waals surface area contributed by atoms with E-state index in [0.29, 0.717) is 29.6 Å². The molecule has 0 unspecified atom stereocenters. The number of benzene rings is 1. The molecule has 3 rings (SSSR count). The number of anilines is 1. The summed E-state index contributed by atoms with van der Waals surface area (Å²) in [4.78, 5) is 17.1. The van der Waals surface area contributed by atoms with Gasteiger partial charge in [0.15, 0.2) is 0 Å². The van der Waals surface area contributed by atoms with Crippen LogP contribution in [0.3, 0.4) is 0 Å². The molecule has 9 heteroatoms. The van der Waals surface area contributed by atoms with E-state index in [0.717, 1.165) is 23.9 Å². The molecule has 0 spiro atoms. The maximum atomic E-state index is 13.3. The summed E-state index contributed by atoms with van der Waals surface area (Å²) in [5.74, 6) is -0.00780. The highest BCUT2D eigenvalue weighted by Crippen LogP contribution is 2.35. The summed E-state index contributed by atoms with van der Waals surface area (Å²) in [6.45, 7) is 6.08. The van der Waals surface area contributed by atoms with Gasteiger partial charge in [0.2, 0.25) is 0 Å². The smallest absolute Gasteiger partial charge is 0.418 e. The Kier molecular flexibility index (Phi) is 7.68. The van der Waals surface area contributed by atoms with Crippen molar-refractivity contribution in [1.29, 1.82) is 0 Å². The molecule has 0 aliphatic carbocycles. The highest BCUT2D eigenvalue weighted by molar-refractivity contribution is 6.29. The van der Waals surface area contributed by atoms with Crippen LogP contribution in [0.2, 0.25) is 5.15 Å². The number of para-hydroxylation sites is 1. The molecule has 33 heavy (non-hydrogen) atoms. The van der Waals surface area contributed by atoms with Crippen LogP contribution < -0.4 is 10.1 Å². The van der Waals surface area contributed by atoms with Crippen molar-refractivity contribution in [1.82, 2.24) is 9.55 Å². The number of hydrogen-bond acceptors (Lipinski definition) is 3. The van der Waals surface area contributed by atoms with Crippen molar-refractivity contribution in [2.45, 2.75) is 45.8 Å². The van der Waals surface area contributed by atoms with Crippen LogP contribution in [0.5, 0.6) is 5.75 Å². The van der Waals surface area contributed by atoms with Gasteiger partial charge in [-0.3, -0.25) is 4.79 Å². The van der Waals surface area contributed by atoms with Gasteiger partial charge in [0.25, 0.3) is 5.91 Å². The van der Waals surface area contributed by atoms with E-state index < -0.39 is 17.6 Å². The lowest BCUT2D eigenvalue weighted by Gasteiger charge is -2.20. The quantitative estimate of drug-likeness (QED) is 0.365. The number of carbonyl (C=O) groups is 1. The van der Waals surface area contributed by atoms with Gasteiger partial charge < -0.3 is 14.6 Å². The number of aromatic nitrogens is 2. The zero-order chi connectivity index (χ0) is 24.2. The molecule has 1 atom stereocenters. The van der Waals surface area contributed by atoms with Crippen LogP contribution in [-0.4, -0.2) is 22.1 Å². The first kappa shape index (κ1) is 24.6.